The van der Waals surface area contributed by atoms with E-state index in [0.29, 0.717) is 18.9 Å². The Morgan fingerprint density at radius 3 is 3.00 bits per heavy atom. The van der Waals surface area contributed by atoms with Crippen LogP contribution in [0.2, 0.25) is 0 Å². The highest BCUT2D eigenvalue weighted by Crippen LogP contribution is 2.22. The normalized spacial score (nSPS) is 12.5. The van der Waals surface area contributed by atoms with Gasteiger partial charge in [0.1, 0.15) is 0 Å². The van der Waals surface area contributed by atoms with Gasteiger partial charge in [0, 0.05) is 36.7 Å². The molecule has 0 aliphatic heterocycles. The van der Waals surface area contributed by atoms with Gasteiger partial charge in [-0.25, -0.2) is 0 Å². The Labute approximate surface area is 125 Å². The number of rotatable bonds is 7. The Morgan fingerprint density at radius 2 is 2.24 bits per heavy atom. The zero-order valence-corrected chi connectivity index (χ0v) is 12.8. The Kier molecular flexibility index (Phi) is 5.39. The van der Waals surface area contributed by atoms with Crippen LogP contribution in [0.1, 0.15) is 30.9 Å². The number of para-hydroxylation sites is 1. The molecule has 0 spiro atoms. The maximum Gasteiger partial charge on any atom is 0.220 e. The molecule has 114 valence electrons. The van der Waals surface area contributed by atoms with Crippen molar-refractivity contribution in [3.8, 4) is 0 Å². The maximum absolute atomic E-state index is 11.9. The summed E-state index contributed by atoms with van der Waals surface area (Å²) in [5.41, 5.74) is 3.57. The number of nitrogens with one attached hydrogen (secondary N) is 2. The molecule has 4 heteroatoms. The van der Waals surface area contributed by atoms with Gasteiger partial charge in [0.25, 0.3) is 0 Å². The van der Waals surface area contributed by atoms with Gasteiger partial charge in [-0.05, 0) is 36.8 Å². The molecule has 1 aromatic carbocycles. The molecule has 1 amide bonds. The molecular formula is C17H24N2O2. The van der Waals surface area contributed by atoms with Crippen molar-refractivity contribution in [1.29, 1.82) is 0 Å². The molecule has 0 aliphatic rings. The van der Waals surface area contributed by atoms with Crippen LogP contribution >= 0.6 is 0 Å². The van der Waals surface area contributed by atoms with Crippen molar-refractivity contribution in [2.24, 2.45) is 5.92 Å². The van der Waals surface area contributed by atoms with Crippen LogP contribution in [-0.2, 0) is 11.2 Å². The van der Waals surface area contributed by atoms with Crippen molar-refractivity contribution in [2.45, 2.75) is 33.1 Å². The lowest BCUT2D eigenvalue weighted by atomic mass is 10.1. The third-order valence-corrected chi connectivity index (χ3v) is 3.90. The lowest BCUT2D eigenvalue weighted by molar-refractivity contribution is -0.121. The Morgan fingerprint density at radius 1 is 1.43 bits per heavy atom. The zero-order valence-electron chi connectivity index (χ0n) is 12.8. The van der Waals surface area contributed by atoms with E-state index in [1.807, 2.05) is 19.2 Å². The molecule has 1 heterocycles. The number of H-pyrrole nitrogens is 1. The fourth-order valence-corrected chi connectivity index (χ4v) is 2.52. The van der Waals surface area contributed by atoms with Gasteiger partial charge in [0.2, 0.25) is 5.91 Å². The molecule has 0 radical (unpaired) electrons. The number of aromatic nitrogens is 1. The van der Waals surface area contributed by atoms with E-state index in [0.717, 1.165) is 18.4 Å². The first kappa shape index (κ1) is 15.6. The van der Waals surface area contributed by atoms with Crippen LogP contribution in [0, 0.1) is 12.8 Å². The van der Waals surface area contributed by atoms with E-state index >= 15 is 0 Å². The van der Waals surface area contributed by atoms with E-state index in [4.69, 9.17) is 5.11 Å². The number of carbonyl (C=O) groups excluding carboxylic acids is 1. The molecule has 3 N–H and O–H groups in total. The van der Waals surface area contributed by atoms with Gasteiger partial charge in [0.15, 0.2) is 0 Å². The number of amides is 1. The van der Waals surface area contributed by atoms with E-state index in [-0.39, 0.29) is 12.5 Å². The highest BCUT2D eigenvalue weighted by atomic mass is 16.3. The van der Waals surface area contributed by atoms with Gasteiger partial charge >= 0.3 is 0 Å². The van der Waals surface area contributed by atoms with E-state index in [1.54, 1.807) is 0 Å². The van der Waals surface area contributed by atoms with E-state index in [9.17, 15) is 4.79 Å². The van der Waals surface area contributed by atoms with Gasteiger partial charge < -0.3 is 15.4 Å². The van der Waals surface area contributed by atoms with Gasteiger partial charge in [-0.15, -0.1) is 0 Å². The van der Waals surface area contributed by atoms with Crippen molar-refractivity contribution in [1.82, 2.24) is 10.3 Å². The molecule has 1 aromatic heterocycles. The SMILES string of the molecule is Cc1cccc2c(CCC(=O)NCC(C)CCO)c[nH]c12. The van der Waals surface area contributed by atoms with E-state index < -0.39 is 0 Å². The Bertz CT molecular complexity index is 604. The van der Waals surface area contributed by atoms with Gasteiger partial charge in [-0.3, -0.25) is 4.79 Å². The fraction of sp³-hybridized carbons (Fsp3) is 0.471. The van der Waals surface area contributed by atoms with Crippen LogP contribution < -0.4 is 5.32 Å². The summed E-state index contributed by atoms with van der Waals surface area (Å²) >= 11 is 0. The van der Waals surface area contributed by atoms with Crippen molar-refractivity contribution in [3.05, 3.63) is 35.5 Å². The second-order valence-corrected chi connectivity index (χ2v) is 5.73. The number of fused-ring (bicyclic) bond motifs is 1. The average molecular weight is 288 g/mol. The molecule has 0 bridgehead atoms. The summed E-state index contributed by atoms with van der Waals surface area (Å²) in [6.45, 7) is 4.91. The number of hydrogen-bond acceptors (Lipinski definition) is 2. The fourth-order valence-electron chi connectivity index (χ4n) is 2.52. The predicted octanol–water partition coefficient (Wildman–Crippen LogP) is 2.54. The molecule has 0 saturated carbocycles. The first-order valence-corrected chi connectivity index (χ1v) is 7.55. The molecule has 1 atom stereocenters. The molecule has 2 rings (SSSR count). The Balaban J connectivity index is 1.87. The van der Waals surface area contributed by atoms with Crippen molar-refractivity contribution >= 4 is 16.8 Å². The smallest absolute Gasteiger partial charge is 0.220 e. The predicted molar refractivity (Wildman–Crippen MR) is 85.2 cm³/mol. The molecular weight excluding hydrogens is 264 g/mol. The third-order valence-electron chi connectivity index (χ3n) is 3.90. The topological polar surface area (TPSA) is 65.1 Å². The summed E-state index contributed by atoms with van der Waals surface area (Å²) in [4.78, 5) is 15.2. The number of aryl methyl sites for hydroxylation is 2. The van der Waals surface area contributed by atoms with Crippen molar-refractivity contribution in [3.63, 3.8) is 0 Å². The highest BCUT2D eigenvalue weighted by molar-refractivity contribution is 5.86. The van der Waals surface area contributed by atoms with Crippen LogP contribution in [0.25, 0.3) is 10.9 Å². The zero-order chi connectivity index (χ0) is 15.2. The van der Waals surface area contributed by atoms with E-state index in [1.165, 1.54) is 16.5 Å². The summed E-state index contributed by atoms with van der Waals surface area (Å²) in [5, 5.41) is 13.0. The number of aliphatic hydroxyl groups excluding tert-OH is 1. The molecule has 4 nitrogen and oxygen atoms in total. The van der Waals surface area contributed by atoms with Crippen LogP contribution in [0.5, 0.6) is 0 Å². The molecule has 0 fully saturated rings. The van der Waals surface area contributed by atoms with Gasteiger partial charge in [-0.2, -0.15) is 0 Å². The first-order valence-electron chi connectivity index (χ1n) is 7.55. The largest absolute Gasteiger partial charge is 0.396 e. The number of aliphatic hydroxyl groups is 1. The number of benzene rings is 1. The lowest BCUT2D eigenvalue weighted by Gasteiger charge is -2.10. The minimum atomic E-state index is 0.0711. The minimum absolute atomic E-state index is 0.0711. The second kappa shape index (κ2) is 7.27. The quantitative estimate of drug-likeness (QED) is 0.733. The van der Waals surface area contributed by atoms with Crippen molar-refractivity contribution < 1.29 is 9.90 Å². The summed E-state index contributed by atoms with van der Waals surface area (Å²) in [5.74, 6) is 0.386. The lowest BCUT2D eigenvalue weighted by Crippen LogP contribution is -2.28. The maximum atomic E-state index is 11.9. The first-order chi connectivity index (χ1) is 10.1. The summed E-state index contributed by atoms with van der Waals surface area (Å²) < 4.78 is 0. The number of hydrogen-bond donors (Lipinski definition) is 3. The third kappa shape index (κ3) is 4.08. The summed E-state index contributed by atoms with van der Waals surface area (Å²) in [7, 11) is 0. The molecule has 0 saturated heterocycles. The molecule has 1 unspecified atom stereocenters. The van der Waals surface area contributed by atoms with Crippen molar-refractivity contribution in [2.75, 3.05) is 13.2 Å². The van der Waals surface area contributed by atoms with Gasteiger partial charge in [-0.1, -0.05) is 25.1 Å². The Hall–Kier alpha value is -1.81. The summed E-state index contributed by atoms with van der Waals surface area (Å²) in [6, 6.07) is 6.22. The minimum Gasteiger partial charge on any atom is -0.396 e. The van der Waals surface area contributed by atoms with Gasteiger partial charge in [0.05, 0.1) is 0 Å². The number of carbonyl (C=O) groups is 1. The van der Waals surface area contributed by atoms with E-state index in [2.05, 4.69) is 29.4 Å². The highest BCUT2D eigenvalue weighted by Gasteiger charge is 2.09. The number of aromatic amines is 1. The van der Waals surface area contributed by atoms with Crippen LogP contribution in [0.15, 0.2) is 24.4 Å². The molecule has 2 aromatic rings. The molecule has 21 heavy (non-hydrogen) atoms. The standard InChI is InChI=1S/C17H24N2O2/c1-12(8-9-20)10-18-16(21)7-6-14-11-19-17-13(2)4-3-5-15(14)17/h3-5,11-12,19-20H,6-10H2,1-2H3,(H,18,21). The van der Waals surface area contributed by atoms with Crippen LogP contribution in [0.4, 0.5) is 0 Å². The molecule has 0 aliphatic carbocycles. The second-order valence-electron chi connectivity index (χ2n) is 5.73. The average Bonchev–Trinajstić information content (AvgIpc) is 2.88. The van der Waals surface area contributed by atoms with Crippen LogP contribution in [0.3, 0.4) is 0 Å². The monoisotopic (exact) mass is 288 g/mol. The van der Waals surface area contributed by atoms with Crippen LogP contribution in [-0.4, -0.2) is 29.1 Å². The summed E-state index contributed by atoms with van der Waals surface area (Å²) in [6.07, 6.45) is 3.96.